The molecule has 0 bridgehead atoms. The molecule has 23 heavy (non-hydrogen) atoms. The lowest BCUT2D eigenvalue weighted by atomic mass is 10.1. The molecular weight excluding hydrogens is 314 g/mol. The second-order valence-corrected chi connectivity index (χ2v) is 7.49. The van der Waals surface area contributed by atoms with E-state index in [0.29, 0.717) is 18.4 Å². The van der Waals surface area contributed by atoms with Crippen molar-refractivity contribution < 1.29 is 17.9 Å². The first-order chi connectivity index (χ1) is 11.1. The standard InChI is InChI=1S/C17H19NO4S/c1-22-17(19)15-10-4-5-12-18(15)23(20,21)16-11-6-8-13-7-2-3-9-14(13)16/h2-3,6-9,11,15H,4-5,10,12H2,1H3. The molecule has 0 spiro atoms. The van der Waals surface area contributed by atoms with E-state index in [0.717, 1.165) is 18.2 Å². The molecule has 2 aromatic rings. The van der Waals surface area contributed by atoms with E-state index in [1.165, 1.54) is 11.4 Å². The Morgan fingerprint density at radius 1 is 1.13 bits per heavy atom. The van der Waals surface area contributed by atoms with Crippen LogP contribution in [-0.2, 0) is 19.6 Å². The third-order valence-corrected chi connectivity index (χ3v) is 6.23. The van der Waals surface area contributed by atoms with Crippen molar-refractivity contribution in [2.75, 3.05) is 13.7 Å². The second-order valence-electron chi connectivity index (χ2n) is 5.63. The van der Waals surface area contributed by atoms with E-state index in [9.17, 15) is 13.2 Å². The van der Waals surface area contributed by atoms with Gasteiger partial charge in [0.2, 0.25) is 10.0 Å². The van der Waals surface area contributed by atoms with Crippen LogP contribution in [0.2, 0.25) is 0 Å². The average molecular weight is 333 g/mol. The minimum Gasteiger partial charge on any atom is -0.468 e. The summed E-state index contributed by atoms with van der Waals surface area (Å²) in [6.07, 6.45) is 2.06. The summed E-state index contributed by atoms with van der Waals surface area (Å²) in [7, 11) is -2.47. The molecule has 0 aromatic heterocycles. The van der Waals surface area contributed by atoms with Gasteiger partial charge in [-0.3, -0.25) is 4.79 Å². The Balaban J connectivity index is 2.10. The van der Waals surface area contributed by atoms with Crippen molar-refractivity contribution in [2.45, 2.75) is 30.2 Å². The van der Waals surface area contributed by atoms with E-state index in [1.807, 2.05) is 24.3 Å². The molecular formula is C17H19NO4S. The van der Waals surface area contributed by atoms with E-state index in [1.54, 1.807) is 18.2 Å². The minimum absolute atomic E-state index is 0.242. The summed E-state index contributed by atoms with van der Waals surface area (Å²) >= 11 is 0. The van der Waals surface area contributed by atoms with Crippen molar-refractivity contribution in [2.24, 2.45) is 0 Å². The lowest BCUT2D eigenvalue weighted by molar-refractivity contribution is -0.146. The number of methoxy groups -OCH3 is 1. The topological polar surface area (TPSA) is 63.7 Å². The van der Waals surface area contributed by atoms with E-state index < -0.39 is 22.0 Å². The van der Waals surface area contributed by atoms with Crippen LogP contribution in [0.3, 0.4) is 0 Å². The maximum Gasteiger partial charge on any atom is 0.324 e. The van der Waals surface area contributed by atoms with Gasteiger partial charge in [0.1, 0.15) is 6.04 Å². The molecule has 2 aromatic carbocycles. The summed E-state index contributed by atoms with van der Waals surface area (Å²) in [6.45, 7) is 0.339. The first-order valence-corrected chi connectivity index (χ1v) is 9.07. The van der Waals surface area contributed by atoms with Crippen LogP contribution in [0.5, 0.6) is 0 Å². The molecule has 1 heterocycles. The molecule has 1 unspecified atom stereocenters. The molecule has 6 heteroatoms. The van der Waals surface area contributed by atoms with Crippen molar-refractivity contribution in [1.82, 2.24) is 4.31 Å². The molecule has 0 saturated carbocycles. The quantitative estimate of drug-likeness (QED) is 0.810. The third kappa shape index (κ3) is 2.84. The number of nitrogens with zero attached hydrogens (tertiary/aromatic N) is 1. The SMILES string of the molecule is COC(=O)C1CCCCN1S(=O)(=O)c1cccc2ccccc12. The van der Waals surface area contributed by atoms with Gasteiger partial charge in [-0.25, -0.2) is 8.42 Å². The zero-order valence-electron chi connectivity index (χ0n) is 12.9. The largest absolute Gasteiger partial charge is 0.468 e. The molecule has 122 valence electrons. The van der Waals surface area contributed by atoms with Gasteiger partial charge in [-0.2, -0.15) is 4.31 Å². The molecule has 3 rings (SSSR count). The lowest BCUT2D eigenvalue weighted by Crippen LogP contribution is -2.48. The minimum atomic E-state index is -3.76. The van der Waals surface area contributed by atoms with Crippen molar-refractivity contribution in [3.05, 3.63) is 42.5 Å². The maximum atomic E-state index is 13.2. The number of esters is 1. The zero-order chi connectivity index (χ0) is 16.4. The van der Waals surface area contributed by atoms with E-state index >= 15 is 0 Å². The number of rotatable bonds is 3. The summed E-state index contributed by atoms with van der Waals surface area (Å²) in [5.74, 6) is -0.492. The molecule has 0 aliphatic carbocycles. The molecule has 0 N–H and O–H groups in total. The summed E-state index contributed by atoms with van der Waals surface area (Å²) in [6, 6.07) is 11.8. The van der Waals surface area contributed by atoms with Gasteiger partial charge in [-0.15, -0.1) is 0 Å². The van der Waals surface area contributed by atoms with Crippen molar-refractivity contribution in [1.29, 1.82) is 0 Å². The molecule has 0 radical (unpaired) electrons. The highest BCUT2D eigenvalue weighted by Crippen LogP contribution is 2.30. The average Bonchev–Trinajstić information content (AvgIpc) is 2.60. The predicted octanol–water partition coefficient (Wildman–Crippen LogP) is 2.56. The van der Waals surface area contributed by atoms with Crippen LogP contribution >= 0.6 is 0 Å². The number of piperidine rings is 1. The highest BCUT2D eigenvalue weighted by atomic mass is 32.2. The van der Waals surface area contributed by atoms with E-state index in [-0.39, 0.29) is 4.90 Å². The molecule has 1 aliphatic heterocycles. The number of fused-ring (bicyclic) bond motifs is 1. The van der Waals surface area contributed by atoms with E-state index in [2.05, 4.69) is 0 Å². The number of ether oxygens (including phenoxy) is 1. The van der Waals surface area contributed by atoms with Crippen molar-refractivity contribution in [3.8, 4) is 0 Å². The maximum absolute atomic E-state index is 13.2. The van der Waals surface area contributed by atoms with Gasteiger partial charge in [0.25, 0.3) is 0 Å². The Bertz CT molecular complexity index is 826. The Hall–Kier alpha value is -1.92. The summed E-state index contributed by atoms with van der Waals surface area (Å²) in [5.41, 5.74) is 0. The summed E-state index contributed by atoms with van der Waals surface area (Å²) in [5, 5.41) is 1.53. The first-order valence-electron chi connectivity index (χ1n) is 7.63. The smallest absolute Gasteiger partial charge is 0.324 e. The van der Waals surface area contributed by atoms with Crippen LogP contribution in [-0.4, -0.2) is 38.4 Å². The molecule has 0 amide bonds. The number of benzene rings is 2. The molecule has 1 aliphatic rings. The molecule has 1 saturated heterocycles. The summed E-state index contributed by atoms with van der Waals surface area (Å²) in [4.78, 5) is 12.2. The predicted molar refractivity (Wildman–Crippen MR) is 87.5 cm³/mol. The lowest BCUT2D eigenvalue weighted by Gasteiger charge is -2.32. The van der Waals surface area contributed by atoms with Crippen LogP contribution in [0.15, 0.2) is 47.4 Å². The second kappa shape index (κ2) is 6.29. The Labute approximate surface area is 135 Å². The molecule has 5 nitrogen and oxygen atoms in total. The van der Waals surface area contributed by atoms with Crippen molar-refractivity contribution in [3.63, 3.8) is 0 Å². The molecule has 1 fully saturated rings. The van der Waals surface area contributed by atoms with Crippen LogP contribution in [0, 0.1) is 0 Å². The van der Waals surface area contributed by atoms with Crippen LogP contribution in [0.25, 0.3) is 10.8 Å². The highest BCUT2D eigenvalue weighted by Gasteiger charge is 2.38. The normalized spacial score (nSPS) is 19.6. The van der Waals surface area contributed by atoms with Gasteiger partial charge >= 0.3 is 5.97 Å². The summed E-state index contributed by atoms with van der Waals surface area (Å²) < 4.78 is 32.4. The van der Waals surface area contributed by atoms with Crippen LogP contribution in [0.1, 0.15) is 19.3 Å². The Morgan fingerprint density at radius 2 is 1.87 bits per heavy atom. The molecule has 1 atom stereocenters. The van der Waals surface area contributed by atoms with Gasteiger partial charge < -0.3 is 4.74 Å². The fourth-order valence-corrected chi connectivity index (χ4v) is 4.97. The van der Waals surface area contributed by atoms with Gasteiger partial charge in [-0.1, -0.05) is 36.4 Å². The van der Waals surface area contributed by atoms with Crippen LogP contribution in [0.4, 0.5) is 0 Å². The Kier molecular flexibility index (Phi) is 4.37. The Morgan fingerprint density at radius 3 is 2.65 bits per heavy atom. The fourth-order valence-electron chi connectivity index (χ4n) is 3.11. The van der Waals surface area contributed by atoms with E-state index in [4.69, 9.17) is 4.74 Å². The highest BCUT2D eigenvalue weighted by molar-refractivity contribution is 7.89. The zero-order valence-corrected chi connectivity index (χ0v) is 13.8. The third-order valence-electron chi connectivity index (χ3n) is 4.26. The van der Waals surface area contributed by atoms with Crippen LogP contribution < -0.4 is 0 Å². The van der Waals surface area contributed by atoms with Gasteiger partial charge in [0.15, 0.2) is 0 Å². The van der Waals surface area contributed by atoms with Gasteiger partial charge in [0.05, 0.1) is 12.0 Å². The van der Waals surface area contributed by atoms with Gasteiger partial charge in [-0.05, 0) is 30.7 Å². The number of sulfonamides is 1. The van der Waals surface area contributed by atoms with Crippen molar-refractivity contribution >= 4 is 26.8 Å². The van der Waals surface area contributed by atoms with Gasteiger partial charge in [0, 0.05) is 11.9 Å². The monoisotopic (exact) mass is 333 g/mol. The number of carbonyl (C=O) groups excluding carboxylic acids is 1. The number of hydrogen-bond acceptors (Lipinski definition) is 4. The number of hydrogen-bond donors (Lipinski definition) is 0. The first kappa shape index (κ1) is 16.0. The fraction of sp³-hybridized carbons (Fsp3) is 0.353. The number of carbonyl (C=O) groups is 1.